The summed E-state index contributed by atoms with van der Waals surface area (Å²) in [5.74, 6) is 0.571. The summed E-state index contributed by atoms with van der Waals surface area (Å²) in [7, 11) is -3.06. The van der Waals surface area contributed by atoms with E-state index < -0.39 is 10.0 Å². The molecule has 0 spiro atoms. The number of alkyl halides is 1. The van der Waals surface area contributed by atoms with Gasteiger partial charge in [0.05, 0.1) is 5.75 Å². The van der Waals surface area contributed by atoms with Crippen LogP contribution in [0.25, 0.3) is 0 Å². The molecule has 5 heteroatoms. The predicted octanol–water partition coefficient (Wildman–Crippen LogP) is 0.943. The molecule has 72 valence electrons. The van der Waals surface area contributed by atoms with Gasteiger partial charge in [-0.15, -0.1) is 11.6 Å². The molecular weight excluding hydrogens is 198 g/mol. The van der Waals surface area contributed by atoms with Crippen molar-refractivity contribution in [3.63, 3.8) is 0 Å². The molecule has 1 unspecified atom stereocenters. The lowest BCUT2D eigenvalue weighted by Gasteiger charge is -2.08. The standard InChI is InChI=1S/C7H14ClNO2S/c1-6(4-8)5-12(10,11)9-7-2-3-7/h6-7,9H,2-5H2,1H3. The fraction of sp³-hybridized carbons (Fsp3) is 1.00. The van der Waals surface area contributed by atoms with Gasteiger partial charge in [-0.1, -0.05) is 6.92 Å². The van der Waals surface area contributed by atoms with E-state index in [9.17, 15) is 8.42 Å². The van der Waals surface area contributed by atoms with E-state index in [2.05, 4.69) is 4.72 Å². The van der Waals surface area contributed by atoms with Gasteiger partial charge in [-0.2, -0.15) is 0 Å². The van der Waals surface area contributed by atoms with Crippen LogP contribution in [0.15, 0.2) is 0 Å². The molecule has 12 heavy (non-hydrogen) atoms. The second-order valence-electron chi connectivity index (χ2n) is 3.43. The molecule has 1 aliphatic rings. The Kier molecular flexibility index (Phi) is 3.37. The zero-order valence-electron chi connectivity index (χ0n) is 7.09. The molecule has 3 nitrogen and oxygen atoms in total. The monoisotopic (exact) mass is 211 g/mol. The minimum Gasteiger partial charge on any atom is -0.212 e. The van der Waals surface area contributed by atoms with Crippen molar-refractivity contribution < 1.29 is 8.42 Å². The molecule has 0 aliphatic heterocycles. The first-order chi connectivity index (χ1) is 5.53. The van der Waals surface area contributed by atoms with Crippen LogP contribution in [-0.4, -0.2) is 26.1 Å². The molecule has 0 bridgehead atoms. The lowest BCUT2D eigenvalue weighted by molar-refractivity contribution is 0.568. The van der Waals surface area contributed by atoms with Crippen molar-refractivity contribution in [1.29, 1.82) is 0 Å². The van der Waals surface area contributed by atoms with Crippen LogP contribution in [0, 0.1) is 5.92 Å². The zero-order chi connectivity index (χ0) is 9.19. The van der Waals surface area contributed by atoms with Crippen LogP contribution >= 0.6 is 11.6 Å². The molecule has 0 aromatic rings. The van der Waals surface area contributed by atoms with E-state index in [1.54, 1.807) is 0 Å². The molecule has 0 saturated heterocycles. The van der Waals surface area contributed by atoms with E-state index in [1.807, 2.05) is 6.92 Å². The van der Waals surface area contributed by atoms with E-state index in [1.165, 1.54) is 0 Å². The zero-order valence-corrected chi connectivity index (χ0v) is 8.66. The van der Waals surface area contributed by atoms with E-state index in [4.69, 9.17) is 11.6 Å². The first-order valence-electron chi connectivity index (χ1n) is 4.09. The molecule has 1 atom stereocenters. The number of hydrogen-bond acceptors (Lipinski definition) is 2. The molecule has 1 N–H and O–H groups in total. The van der Waals surface area contributed by atoms with Crippen molar-refractivity contribution in [2.45, 2.75) is 25.8 Å². The molecule has 0 radical (unpaired) electrons. The highest BCUT2D eigenvalue weighted by Crippen LogP contribution is 2.20. The van der Waals surface area contributed by atoms with Gasteiger partial charge in [0, 0.05) is 11.9 Å². The Labute approximate surface area is 78.5 Å². The Morgan fingerprint density at radius 3 is 2.58 bits per heavy atom. The topological polar surface area (TPSA) is 46.2 Å². The third-order valence-electron chi connectivity index (χ3n) is 1.69. The van der Waals surface area contributed by atoms with Gasteiger partial charge in [0.2, 0.25) is 10.0 Å². The quantitative estimate of drug-likeness (QED) is 0.689. The fourth-order valence-corrected chi connectivity index (χ4v) is 2.87. The maximum atomic E-state index is 11.3. The molecule has 1 saturated carbocycles. The van der Waals surface area contributed by atoms with Gasteiger partial charge in [-0.05, 0) is 18.8 Å². The van der Waals surface area contributed by atoms with Crippen molar-refractivity contribution >= 4 is 21.6 Å². The normalized spacial score (nSPS) is 20.8. The van der Waals surface area contributed by atoms with Gasteiger partial charge in [-0.3, -0.25) is 0 Å². The van der Waals surface area contributed by atoms with Crippen molar-refractivity contribution in [2.24, 2.45) is 5.92 Å². The van der Waals surface area contributed by atoms with Gasteiger partial charge in [-0.25, -0.2) is 13.1 Å². The minimum atomic E-state index is -3.06. The third-order valence-corrected chi connectivity index (χ3v) is 3.92. The summed E-state index contributed by atoms with van der Waals surface area (Å²) >= 11 is 5.52. The summed E-state index contributed by atoms with van der Waals surface area (Å²) in [4.78, 5) is 0. The number of nitrogens with one attached hydrogen (secondary N) is 1. The van der Waals surface area contributed by atoms with Crippen molar-refractivity contribution in [1.82, 2.24) is 4.72 Å². The van der Waals surface area contributed by atoms with Crippen LogP contribution in [0.3, 0.4) is 0 Å². The second kappa shape index (κ2) is 3.94. The average Bonchev–Trinajstić information content (AvgIpc) is 2.69. The van der Waals surface area contributed by atoms with E-state index in [0.717, 1.165) is 12.8 Å². The van der Waals surface area contributed by atoms with Crippen LogP contribution in [-0.2, 0) is 10.0 Å². The maximum absolute atomic E-state index is 11.3. The van der Waals surface area contributed by atoms with Crippen LogP contribution in [0.5, 0.6) is 0 Å². The van der Waals surface area contributed by atoms with Crippen LogP contribution in [0.2, 0.25) is 0 Å². The highest BCUT2D eigenvalue weighted by Gasteiger charge is 2.27. The van der Waals surface area contributed by atoms with Crippen LogP contribution in [0.4, 0.5) is 0 Å². The van der Waals surface area contributed by atoms with E-state index in [0.29, 0.717) is 5.88 Å². The summed E-state index contributed by atoms with van der Waals surface area (Å²) in [5.41, 5.74) is 0. The van der Waals surface area contributed by atoms with E-state index in [-0.39, 0.29) is 17.7 Å². The van der Waals surface area contributed by atoms with Gasteiger partial charge in [0.1, 0.15) is 0 Å². The maximum Gasteiger partial charge on any atom is 0.212 e. The molecule has 1 fully saturated rings. The third kappa shape index (κ3) is 3.74. The summed E-state index contributed by atoms with van der Waals surface area (Å²) in [6.45, 7) is 1.83. The van der Waals surface area contributed by atoms with Gasteiger partial charge in [0.15, 0.2) is 0 Å². The van der Waals surface area contributed by atoms with Gasteiger partial charge >= 0.3 is 0 Å². The van der Waals surface area contributed by atoms with Crippen molar-refractivity contribution in [2.75, 3.05) is 11.6 Å². The lowest BCUT2D eigenvalue weighted by atomic mass is 10.3. The highest BCUT2D eigenvalue weighted by molar-refractivity contribution is 7.89. The summed E-state index contributed by atoms with van der Waals surface area (Å²) in [5, 5.41) is 0. The Morgan fingerprint density at radius 2 is 2.17 bits per heavy atom. The Hall–Kier alpha value is 0.200. The average molecular weight is 212 g/mol. The van der Waals surface area contributed by atoms with E-state index >= 15 is 0 Å². The fourth-order valence-electron chi connectivity index (χ4n) is 0.922. The first kappa shape index (κ1) is 10.3. The molecule has 0 heterocycles. The highest BCUT2D eigenvalue weighted by atomic mass is 35.5. The lowest BCUT2D eigenvalue weighted by Crippen LogP contribution is -2.31. The van der Waals surface area contributed by atoms with Crippen LogP contribution < -0.4 is 4.72 Å². The predicted molar refractivity (Wildman–Crippen MR) is 49.8 cm³/mol. The largest absolute Gasteiger partial charge is 0.212 e. The molecular formula is C7H14ClNO2S. The summed E-state index contributed by atoms with van der Waals surface area (Å²) in [6, 6.07) is 0.206. The molecule has 0 aromatic heterocycles. The number of halogens is 1. The Bertz CT molecular complexity index is 236. The minimum absolute atomic E-state index is 0.0305. The van der Waals surface area contributed by atoms with Crippen LogP contribution in [0.1, 0.15) is 19.8 Å². The molecule has 1 aliphatic carbocycles. The smallest absolute Gasteiger partial charge is 0.212 e. The summed E-state index contributed by atoms with van der Waals surface area (Å²) < 4.78 is 25.2. The Balaban J connectivity index is 2.36. The SMILES string of the molecule is CC(CCl)CS(=O)(=O)NC1CC1. The second-order valence-corrected chi connectivity index (χ2v) is 5.54. The number of sulfonamides is 1. The number of rotatable bonds is 5. The molecule has 0 aromatic carbocycles. The first-order valence-corrected chi connectivity index (χ1v) is 6.28. The Morgan fingerprint density at radius 1 is 1.58 bits per heavy atom. The number of hydrogen-bond donors (Lipinski definition) is 1. The molecule has 0 amide bonds. The van der Waals surface area contributed by atoms with Gasteiger partial charge in [0.25, 0.3) is 0 Å². The molecule has 1 rings (SSSR count). The van der Waals surface area contributed by atoms with Crippen molar-refractivity contribution in [3.05, 3.63) is 0 Å². The van der Waals surface area contributed by atoms with Gasteiger partial charge < -0.3 is 0 Å². The van der Waals surface area contributed by atoms with Crippen molar-refractivity contribution in [3.8, 4) is 0 Å². The summed E-state index contributed by atoms with van der Waals surface area (Å²) in [6.07, 6.45) is 1.96.